The van der Waals surface area contributed by atoms with Gasteiger partial charge in [-0.05, 0) is 43.5 Å². The van der Waals surface area contributed by atoms with E-state index in [4.69, 9.17) is 9.15 Å². The van der Waals surface area contributed by atoms with E-state index >= 15 is 0 Å². The fraction of sp³-hybridized carbons (Fsp3) is 0.304. The maximum atomic E-state index is 12.3. The van der Waals surface area contributed by atoms with E-state index in [1.807, 2.05) is 17.7 Å². The third-order valence-electron chi connectivity index (χ3n) is 5.33. The number of rotatable bonds is 7. The molecular weight excluding hydrogens is 442 g/mol. The molecule has 9 nitrogen and oxygen atoms in total. The Hall–Kier alpha value is -3.84. The normalized spacial score (nSPS) is 15.1. The summed E-state index contributed by atoms with van der Waals surface area (Å²) in [6.07, 6.45) is 8.74. The zero-order valence-corrected chi connectivity index (χ0v) is 18.9. The van der Waals surface area contributed by atoms with Crippen molar-refractivity contribution in [3.05, 3.63) is 64.2 Å². The summed E-state index contributed by atoms with van der Waals surface area (Å²) in [5.74, 6) is -0.329. The number of amides is 2. The van der Waals surface area contributed by atoms with Gasteiger partial charge in [0.1, 0.15) is 17.2 Å². The van der Waals surface area contributed by atoms with Crippen molar-refractivity contribution in [3.63, 3.8) is 0 Å². The van der Waals surface area contributed by atoms with Gasteiger partial charge < -0.3 is 19.8 Å². The van der Waals surface area contributed by atoms with Gasteiger partial charge in [-0.3, -0.25) is 9.48 Å². The summed E-state index contributed by atoms with van der Waals surface area (Å²) in [5.41, 5.74) is 3.08. The van der Waals surface area contributed by atoms with Crippen LogP contribution in [-0.4, -0.2) is 27.9 Å². The fourth-order valence-corrected chi connectivity index (χ4v) is 4.97. The lowest BCUT2D eigenvalue weighted by atomic mass is 9.94. The van der Waals surface area contributed by atoms with Gasteiger partial charge in [-0.25, -0.2) is 4.79 Å². The molecule has 0 saturated heterocycles. The molecule has 10 heteroatoms. The van der Waals surface area contributed by atoms with Crippen LogP contribution in [0.3, 0.4) is 0 Å². The first-order chi connectivity index (χ1) is 16.1. The average Bonchev–Trinajstić information content (AvgIpc) is 3.55. The first-order valence-electron chi connectivity index (χ1n) is 10.6. The van der Waals surface area contributed by atoms with Crippen LogP contribution in [0, 0.1) is 11.3 Å². The number of thiophene rings is 1. The van der Waals surface area contributed by atoms with Gasteiger partial charge >= 0.3 is 6.09 Å². The molecule has 0 aromatic carbocycles. The number of hydrogen-bond acceptors (Lipinski definition) is 7. The molecule has 0 bridgehead atoms. The van der Waals surface area contributed by atoms with E-state index in [0.717, 1.165) is 28.2 Å². The van der Waals surface area contributed by atoms with Gasteiger partial charge in [0.15, 0.2) is 0 Å². The van der Waals surface area contributed by atoms with Crippen molar-refractivity contribution in [3.8, 4) is 6.07 Å². The SMILES string of the molecule is CCn1nccc1CNC(=O)OC1CCc2c(sc(NC(=O)C=Cc3ccoc3)c2C#N)C1. The van der Waals surface area contributed by atoms with E-state index < -0.39 is 6.09 Å². The van der Waals surface area contributed by atoms with Gasteiger partial charge in [0.2, 0.25) is 5.91 Å². The number of anilines is 1. The number of carbonyl (C=O) groups excluding carboxylic acids is 2. The molecule has 170 valence electrons. The lowest BCUT2D eigenvalue weighted by molar-refractivity contribution is -0.111. The largest absolute Gasteiger partial charge is 0.472 e. The van der Waals surface area contributed by atoms with Crippen LogP contribution in [0.2, 0.25) is 0 Å². The molecule has 3 aromatic rings. The molecule has 0 radical (unpaired) electrons. The van der Waals surface area contributed by atoms with Crippen molar-refractivity contribution < 1.29 is 18.7 Å². The number of ether oxygens (including phenoxy) is 1. The molecule has 0 spiro atoms. The van der Waals surface area contributed by atoms with Crippen LogP contribution in [0.5, 0.6) is 0 Å². The zero-order valence-electron chi connectivity index (χ0n) is 18.0. The second-order valence-electron chi connectivity index (χ2n) is 7.46. The van der Waals surface area contributed by atoms with Crippen molar-refractivity contribution in [2.45, 2.75) is 45.4 Å². The molecule has 4 rings (SSSR count). The Morgan fingerprint density at radius 2 is 2.33 bits per heavy atom. The fourth-order valence-electron chi connectivity index (χ4n) is 3.71. The Morgan fingerprint density at radius 3 is 3.09 bits per heavy atom. The monoisotopic (exact) mass is 465 g/mol. The Balaban J connectivity index is 1.35. The molecule has 2 N–H and O–H groups in total. The summed E-state index contributed by atoms with van der Waals surface area (Å²) in [4.78, 5) is 25.5. The molecule has 1 atom stereocenters. The summed E-state index contributed by atoms with van der Waals surface area (Å²) in [5, 5.41) is 19.9. The van der Waals surface area contributed by atoms with E-state index in [0.29, 0.717) is 36.4 Å². The number of aromatic nitrogens is 2. The van der Waals surface area contributed by atoms with Gasteiger partial charge in [0.25, 0.3) is 0 Å². The van der Waals surface area contributed by atoms with Crippen molar-refractivity contribution >= 4 is 34.4 Å². The van der Waals surface area contributed by atoms with E-state index in [9.17, 15) is 14.9 Å². The highest BCUT2D eigenvalue weighted by molar-refractivity contribution is 7.16. The van der Waals surface area contributed by atoms with Gasteiger partial charge in [-0.2, -0.15) is 10.4 Å². The smallest absolute Gasteiger partial charge is 0.407 e. The number of aryl methyl sites for hydroxylation is 1. The van der Waals surface area contributed by atoms with E-state index in [-0.39, 0.29) is 12.0 Å². The predicted molar refractivity (Wildman–Crippen MR) is 122 cm³/mol. The summed E-state index contributed by atoms with van der Waals surface area (Å²) in [6.45, 7) is 3.05. The summed E-state index contributed by atoms with van der Waals surface area (Å²) >= 11 is 1.36. The van der Waals surface area contributed by atoms with Gasteiger partial charge in [-0.15, -0.1) is 11.3 Å². The number of hydrogen-bond donors (Lipinski definition) is 2. The molecular formula is C23H23N5O4S. The molecule has 0 fully saturated rings. The quantitative estimate of drug-likeness (QED) is 0.511. The van der Waals surface area contributed by atoms with Gasteiger partial charge in [-0.1, -0.05) is 0 Å². The Kier molecular flexibility index (Phi) is 6.90. The molecule has 3 heterocycles. The molecule has 2 amide bonds. The van der Waals surface area contributed by atoms with E-state index in [1.54, 1.807) is 18.3 Å². The van der Waals surface area contributed by atoms with Crippen molar-refractivity contribution in [2.75, 3.05) is 5.32 Å². The number of nitrogens with zero attached hydrogens (tertiary/aromatic N) is 3. The standard InChI is InChI=1S/C23H23N5O4S/c1-2-28-16(7-9-26-28)13-25-23(30)32-17-4-5-18-19(12-24)22(33-20(18)11-17)27-21(29)6-3-15-8-10-31-14-15/h3,6-10,14,17H,2,4-5,11,13H2,1H3,(H,25,30)(H,27,29). The highest BCUT2D eigenvalue weighted by atomic mass is 32.1. The lowest BCUT2D eigenvalue weighted by Crippen LogP contribution is -2.32. The molecule has 3 aromatic heterocycles. The summed E-state index contributed by atoms with van der Waals surface area (Å²) in [7, 11) is 0. The number of fused-ring (bicyclic) bond motifs is 1. The third kappa shape index (κ3) is 5.32. The van der Waals surface area contributed by atoms with Crippen LogP contribution in [0.1, 0.15) is 40.6 Å². The minimum Gasteiger partial charge on any atom is -0.472 e. The first-order valence-corrected chi connectivity index (χ1v) is 11.4. The van der Waals surface area contributed by atoms with Crippen molar-refractivity contribution in [2.24, 2.45) is 0 Å². The average molecular weight is 466 g/mol. The van der Waals surface area contributed by atoms with Crippen LogP contribution in [0.15, 0.2) is 41.3 Å². The van der Waals surface area contributed by atoms with Crippen molar-refractivity contribution in [1.82, 2.24) is 15.1 Å². The number of nitrogens with one attached hydrogen (secondary N) is 2. The molecule has 1 aliphatic carbocycles. The number of alkyl carbamates (subject to hydrolysis) is 1. The van der Waals surface area contributed by atoms with Gasteiger partial charge in [0.05, 0.1) is 30.3 Å². The molecule has 33 heavy (non-hydrogen) atoms. The minimum atomic E-state index is -0.484. The van der Waals surface area contributed by atoms with Gasteiger partial charge in [0, 0.05) is 35.7 Å². The van der Waals surface area contributed by atoms with Crippen molar-refractivity contribution in [1.29, 1.82) is 5.26 Å². The third-order valence-corrected chi connectivity index (χ3v) is 6.50. The molecule has 1 unspecified atom stereocenters. The minimum absolute atomic E-state index is 0.289. The summed E-state index contributed by atoms with van der Waals surface area (Å²) < 4.78 is 12.4. The van der Waals surface area contributed by atoms with Crippen LogP contribution >= 0.6 is 11.3 Å². The van der Waals surface area contributed by atoms with Crippen LogP contribution in [0.4, 0.5) is 9.80 Å². The predicted octanol–water partition coefficient (Wildman–Crippen LogP) is 3.86. The Labute approximate surface area is 194 Å². The zero-order chi connectivity index (χ0) is 23.2. The van der Waals surface area contributed by atoms with Crippen LogP contribution in [0.25, 0.3) is 6.08 Å². The second kappa shape index (κ2) is 10.2. The van der Waals surface area contributed by atoms with E-state index in [1.165, 1.54) is 29.9 Å². The molecule has 1 aliphatic rings. The number of nitriles is 1. The Bertz CT molecular complexity index is 1200. The highest BCUT2D eigenvalue weighted by Gasteiger charge is 2.28. The first kappa shape index (κ1) is 22.4. The lowest BCUT2D eigenvalue weighted by Gasteiger charge is -2.22. The van der Waals surface area contributed by atoms with Crippen LogP contribution in [-0.2, 0) is 35.5 Å². The number of furan rings is 1. The second-order valence-corrected chi connectivity index (χ2v) is 8.57. The number of carbonyl (C=O) groups is 2. The topological polar surface area (TPSA) is 122 Å². The molecule has 0 aliphatic heterocycles. The summed E-state index contributed by atoms with van der Waals surface area (Å²) in [6, 6.07) is 5.80. The van der Waals surface area contributed by atoms with E-state index in [2.05, 4.69) is 21.8 Å². The molecule has 0 saturated carbocycles. The maximum absolute atomic E-state index is 12.3. The van der Waals surface area contributed by atoms with Crippen LogP contribution < -0.4 is 10.6 Å². The Morgan fingerprint density at radius 1 is 1.45 bits per heavy atom. The maximum Gasteiger partial charge on any atom is 0.407 e. The highest BCUT2D eigenvalue weighted by Crippen LogP contribution is 2.38.